The molecule has 10 heteroatoms. The van der Waals surface area contributed by atoms with E-state index in [1.807, 2.05) is 6.92 Å². The van der Waals surface area contributed by atoms with Crippen LogP contribution < -0.4 is 15.0 Å². The first-order valence-electron chi connectivity index (χ1n) is 9.90. The molecule has 0 aliphatic rings. The second-order valence-corrected chi connectivity index (χ2v) is 6.99. The lowest BCUT2D eigenvalue weighted by molar-refractivity contribution is -0.744. The number of ketones is 1. The SMILES string of the molecule is CCOC(=O)c1c(=O)n(/N=C/c2ccc(Cl)cc2)[nH][n+]1CC(=O)c1ccc(OCC)cc1. The molecule has 3 rings (SSSR count). The number of hydrogen-bond acceptors (Lipinski definition) is 6. The van der Waals surface area contributed by atoms with Crippen LogP contribution in [0.15, 0.2) is 58.4 Å². The maximum Gasteiger partial charge on any atom is 0.434 e. The minimum Gasteiger partial charge on any atom is -0.494 e. The van der Waals surface area contributed by atoms with Crippen molar-refractivity contribution in [1.29, 1.82) is 0 Å². The van der Waals surface area contributed by atoms with Gasteiger partial charge in [-0.15, -0.1) is 4.68 Å². The predicted molar refractivity (Wildman–Crippen MR) is 118 cm³/mol. The lowest BCUT2D eigenvalue weighted by atomic mass is 10.1. The Morgan fingerprint density at radius 3 is 2.41 bits per heavy atom. The van der Waals surface area contributed by atoms with Gasteiger partial charge in [0.2, 0.25) is 5.78 Å². The number of H-pyrrole nitrogens is 1. The van der Waals surface area contributed by atoms with E-state index in [4.69, 9.17) is 21.1 Å². The van der Waals surface area contributed by atoms with Gasteiger partial charge in [-0.3, -0.25) is 4.79 Å². The summed E-state index contributed by atoms with van der Waals surface area (Å²) in [6.45, 7) is 3.78. The molecule has 1 heterocycles. The molecule has 0 fully saturated rings. The van der Waals surface area contributed by atoms with Crippen molar-refractivity contribution in [3.63, 3.8) is 0 Å². The van der Waals surface area contributed by atoms with E-state index < -0.39 is 11.5 Å². The van der Waals surface area contributed by atoms with Crippen LogP contribution in [0.1, 0.15) is 40.3 Å². The number of nitrogens with zero attached hydrogens (tertiary/aromatic N) is 3. The van der Waals surface area contributed by atoms with Gasteiger partial charge in [0.15, 0.2) is 6.54 Å². The summed E-state index contributed by atoms with van der Waals surface area (Å²) in [4.78, 5) is 38.8. The number of rotatable bonds is 9. The summed E-state index contributed by atoms with van der Waals surface area (Å²) in [6.07, 6.45) is 1.42. The van der Waals surface area contributed by atoms with E-state index in [-0.39, 0.29) is 24.6 Å². The number of halogens is 1. The molecule has 1 N–H and O–H groups in total. The van der Waals surface area contributed by atoms with Crippen LogP contribution in [-0.2, 0) is 11.3 Å². The molecule has 0 radical (unpaired) electrons. The van der Waals surface area contributed by atoms with Crippen molar-refractivity contribution >= 4 is 29.6 Å². The Morgan fingerprint density at radius 2 is 1.78 bits per heavy atom. The lowest BCUT2D eigenvalue weighted by Gasteiger charge is -2.04. The Labute approximate surface area is 188 Å². The van der Waals surface area contributed by atoms with Crippen molar-refractivity contribution in [3.05, 3.63) is 80.7 Å². The van der Waals surface area contributed by atoms with Gasteiger partial charge in [-0.2, -0.15) is 0 Å². The van der Waals surface area contributed by atoms with Crippen LogP contribution in [0.3, 0.4) is 0 Å². The fourth-order valence-corrected chi connectivity index (χ4v) is 2.95. The zero-order valence-corrected chi connectivity index (χ0v) is 18.3. The molecule has 166 valence electrons. The largest absolute Gasteiger partial charge is 0.494 e. The number of aromatic nitrogens is 3. The smallest absolute Gasteiger partial charge is 0.434 e. The summed E-state index contributed by atoms with van der Waals surface area (Å²) < 4.78 is 11.5. The molecule has 1 aromatic heterocycles. The highest BCUT2D eigenvalue weighted by molar-refractivity contribution is 6.30. The highest BCUT2D eigenvalue weighted by Crippen LogP contribution is 2.12. The average Bonchev–Trinajstić information content (AvgIpc) is 3.09. The Hall–Kier alpha value is -3.72. The van der Waals surface area contributed by atoms with Gasteiger partial charge < -0.3 is 9.47 Å². The normalized spacial score (nSPS) is 11.0. The van der Waals surface area contributed by atoms with E-state index in [9.17, 15) is 14.4 Å². The number of benzene rings is 2. The van der Waals surface area contributed by atoms with Crippen LogP contribution in [0.4, 0.5) is 0 Å². The van der Waals surface area contributed by atoms with Crippen molar-refractivity contribution in [1.82, 2.24) is 10.0 Å². The van der Waals surface area contributed by atoms with Gasteiger partial charge in [-0.25, -0.2) is 9.59 Å². The molecular weight excluding hydrogens is 436 g/mol. The van der Waals surface area contributed by atoms with Crippen molar-refractivity contribution in [3.8, 4) is 5.75 Å². The fraction of sp³-hybridized carbons (Fsp3) is 0.227. The molecular formula is C22H22ClN4O5+. The van der Waals surface area contributed by atoms with E-state index in [1.54, 1.807) is 55.5 Å². The summed E-state index contributed by atoms with van der Waals surface area (Å²) in [7, 11) is 0. The number of carbonyl (C=O) groups excluding carboxylic acids is 2. The number of esters is 1. The van der Waals surface area contributed by atoms with Crippen LogP contribution in [0.2, 0.25) is 5.02 Å². The lowest BCUT2D eigenvalue weighted by Crippen LogP contribution is -2.46. The van der Waals surface area contributed by atoms with E-state index in [0.717, 1.165) is 9.47 Å². The summed E-state index contributed by atoms with van der Waals surface area (Å²) in [5.41, 5.74) is 0.00664. The first-order valence-corrected chi connectivity index (χ1v) is 10.3. The summed E-state index contributed by atoms with van der Waals surface area (Å²) in [6, 6.07) is 13.4. The Kier molecular flexibility index (Phi) is 7.56. The van der Waals surface area contributed by atoms with Crippen LogP contribution in [0.25, 0.3) is 0 Å². The first-order chi connectivity index (χ1) is 15.4. The number of ether oxygens (including phenoxy) is 2. The number of nitrogens with one attached hydrogen (secondary N) is 1. The van der Waals surface area contributed by atoms with Crippen molar-refractivity contribution in [2.45, 2.75) is 20.4 Å². The van der Waals surface area contributed by atoms with Gasteiger partial charge >= 0.3 is 17.2 Å². The summed E-state index contributed by atoms with van der Waals surface area (Å²) in [5.74, 6) is -0.535. The molecule has 0 atom stereocenters. The molecule has 0 unspecified atom stereocenters. The topological polar surface area (TPSA) is 107 Å². The van der Waals surface area contributed by atoms with E-state index >= 15 is 0 Å². The van der Waals surface area contributed by atoms with Crippen LogP contribution in [-0.4, -0.2) is 41.2 Å². The quantitative estimate of drug-likeness (QED) is 0.230. The molecule has 0 saturated heterocycles. The molecule has 32 heavy (non-hydrogen) atoms. The minimum absolute atomic E-state index is 0.0737. The zero-order chi connectivity index (χ0) is 23.1. The van der Waals surface area contributed by atoms with E-state index in [0.29, 0.717) is 28.5 Å². The van der Waals surface area contributed by atoms with Crippen molar-refractivity contribution in [2.75, 3.05) is 13.2 Å². The highest BCUT2D eigenvalue weighted by Gasteiger charge is 2.31. The minimum atomic E-state index is -0.853. The van der Waals surface area contributed by atoms with Gasteiger partial charge in [-0.1, -0.05) is 34.0 Å². The third-order valence-electron chi connectivity index (χ3n) is 4.33. The van der Waals surface area contributed by atoms with E-state index in [2.05, 4.69) is 10.3 Å². The van der Waals surface area contributed by atoms with Crippen molar-refractivity contribution in [2.24, 2.45) is 5.10 Å². The predicted octanol–water partition coefficient (Wildman–Crippen LogP) is 2.46. The van der Waals surface area contributed by atoms with Crippen LogP contribution in [0.5, 0.6) is 5.75 Å². The summed E-state index contributed by atoms with van der Waals surface area (Å²) in [5, 5.41) is 7.28. The Bertz CT molecular complexity index is 1180. The van der Waals surface area contributed by atoms with Gasteiger partial charge in [0.25, 0.3) is 0 Å². The molecule has 0 aliphatic heterocycles. The molecule has 0 spiro atoms. The molecule has 3 aromatic rings. The number of carbonyl (C=O) groups is 2. The van der Waals surface area contributed by atoms with Crippen LogP contribution in [0, 0.1) is 0 Å². The Morgan fingerprint density at radius 1 is 1.09 bits per heavy atom. The Balaban J connectivity index is 1.90. The third-order valence-corrected chi connectivity index (χ3v) is 4.58. The maximum atomic E-state index is 12.8. The van der Waals surface area contributed by atoms with Gasteiger partial charge in [0.1, 0.15) is 5.75 Å². The standard InChI is InChI=1S/C22H21ClN4O5/c1-3-31-18-11-7-16(8-12-18)19(28)14-26-20(22(30)32-4-2)21(29)27(25-26)24-13-15-5-9-17(23)10-6-15/h5-13H,3-4,14H2,1-2H3/p+1/b24-13+. The zero-order valence-electron chi connectivity index (χ0n) is 17.6. The highest BCUT2D eigenvalue weighted by atomic mass is 35.5. The van der Waals surface area contributed by atoms with Gasteiger partial charge in [0.05, 0.1) is 19.4 Å². The molecule has 9 nitrogen and oxygen atoms in total. The van der Waals surface area contributed by atoms with Gasteiger partial charge in [0, 0.05) is 15.4 Å². The fourth-order valence-electron chi connectivity index (χ4n) is 2.83. The number of Topliss-reactive ketones (excluding diaryl/α,β-unsaturated/α-hetero) is 1. The molecule has 0 bridgehead atoms. The first kappa shape index (κ1) is 23.0. The second kappa shape index (κ2) is 10.5. The molecule has 0 saturated carbocycles. The molecule has 0 amide bonds. The second-order valence-electron chi connectivity index (χ2n) is 6.55. The molecule has 0 aliphatic carbocycles. The van der Waals surface area contributed by atoms with Gasteiger partial charge in [-0.05, 0) is 55.8 Å². The number of hydrogen-bond donors (Lipinski definition) is 1. The number of aromatic amines is 1. The average molecular weight is 458 g/mol. The van der Waals surface area contributed by atoms with Crippen LogP contribution >= 0.6 is 11.6 Å². The van der Waals surface area contributed by atoms with E-state index in [1.165, 1.54) is 6.21 Å². The maximum absolute atomic E-state index is 12.8. The van der Waals surface area contributed by atoms with Crippen molar-refractivity contribution < 1.29 is 23.7 Å². The summed E-state index contributed by atoms with van der Waals surface area (Å²) >= 11 is 5.87. The monoisotopic (exact) mass is 457 g/mol. The third kappa shape index (κ3) is 5.50. The molecule has 2 aromatic carbocycles.